The maximum absolute atomic E-state index is 12.4. The lowest BCUT2D eigenvalue weighted by Gasteiger charge is -2.11. The maximum atomic E-state index is 12.4. The van der Waals surface area contributed by atoms with Crippen LogP contribution < -0.4 is 5.32 Å². The van der Waals surface area contributed by atoms with Crippen molar-refractivity contribution < 1.29 is 23.1 Å². The number of carbonyl (C=O) groups is 1. The number of hydrogen-bond donors (Lipinski definition) is 2. The highest BCUT2D eigenvalue weighted by molar-refractivity contribution is 5.93. The molecule has 1 heterocycles. The number of nitrogens with one attached hydrogen (secondary N) is 1. The van der Waals surface area contributed by atoms with E-state index in [4.69, 9.17) is 5.11 Å². The molecule has 1 aromatic rings. The molecule has 0 aromatic carbocycles. The summed E-state index contributed by atoms with van der Waals surface area (Å²) in [5, 5.41) is 11.6. The van der Waals surface area contributed by atoms with Crippen LogP contribution in [0, 0.1) is 0 Å². The summed E-state index contributed by atoms with van der Waals surface area (Å²) >= 11 is 0. The Bertz CT molecular complexity index is 433. The van der Waals surface area contributed by atoms with Gasteiger partial charge in [-0.05, 0) is 12.5 Å². The molecule has 0 spiro atoms. The highest BCUT2D eigenvalue weighted by Crippen LogP contribution is 2.30. The van der Waals surface area contributed by atoms with Gasteiger partial charge < -0.3 is 10.4 Å². The minimum absolute atomic E-state index is 0.0380. The van der Waals surface area contributed by atoms with Crippen LogP contribution in [-0.2, 0) is 6.18 Å². The number of alkyl halides is 3. The lowest BCUT2D eigenvalue weighted by atomic mass is 10.2. The summed E-state index contributed by atoms with van der Waals surface area (Å²) in [6.07, 6.45) is -2.31. The molecule has 0 atom stereocenters. The fraction of sp³-hybridized carbons (Fsp3) is 0.455. The molecule has 0 aliphatic rings. The number of nitrogens with zero attached hydrogens (tertiary/aromatic N) is 1. The molecule has 0 saturated carbocycles. The van der Waals surface area contributed by atoms with Gasteiger partial charge in [0.2, 0.25) is 0 Å². The van der Waals surface area contributed by atoms with E-state index in [1.54, 1.807) is 0 Å². The number of halogens is 3. The zero-order chi connectivity index (χ0) is 13.8. The second-order valence-corrected chi connectivity index (χ2v) is 3.70. The standard InChI is InChI=1S/C11H13F3N2O2/c1-2-3-4-15-9-8(10(17)18)5-7(6-16-9)11(12,13)14/h5-6H,2-4H2,1H3,(H,15,16)(H,17,18). The second kappa shape index (κ2) is 5.70. The van der Waals surface area contributed by atoms with E-state index in [-0.39, 0.29) is 5.82 Å². The number of carboxylic acid groups (broad SMARTS) is 1. The normalized spacial score (nSPS) is 11.3. The van der Waals surface area contributed by atoms with Crippen molar-refractivity contribution in [1.29, 1.82) is 0 Å². The van der Waals surface area contributed by atoms with Crippen molar-refractivity contribution in [3.8, 4) is 0 Å². The molecule has 100 valence electrons. The number of carboxylic acids is 1. The van der Waals surface area contributed by atoms with Crippen molar-refractivity contribution in [2.75, 3.05) is 11.9 Å². The summed E-state index contributed by atoms with van der Waals surface area (Å²) in [4.78, 5) is 14.4. The first-order valence-electron chi connectivity index (χ1n) is 5.40. The van der Waals surface area contributed by atoms with Gasteiger partial charge in [0.1, 0.15) is 11.4 Å². The molecule has 0 aliphatic heterocycles. The minimum Gasteiger partial charge on any atom is -0.478 e. The van der Waals surface area contributed by atoms with E-state index in [0.717, 1.165) is 12.8 Å². The van der Waals surface area contributed by atoms with Crippen molar-refractivity contribution in [2.45, 2.75) is 25.9 Å². The number of aromatic carboxylic acids is 1. The summed E-state index contributed by atoms with van der Waals surface area (Å²) in [6.45, 7) is 2.41. The molecule has 0 saturated heterocycles. The SMILES string of the molecule is CCCCNc1ncc(C(F)(F)F)cc1C(=O)O. The molecule has 7 heteroatoms. The van der Waals surface area contributed by atoms with Crippen LogP contribution in [0.25, 0.3) is 0 Å². The first-order valence-corrected chi connectivity index (χ1v) is 5.40. The van der Waals surface area contributed by atoms with Gasteiger partial charge in [0.25, 0.3) is 0 Å². The summed E-state index contributed by atoms with van der Waals surface area (Å²) < 4.78 is 37.2. The monoisotopic (exact) mass is 262 g/mol. The summed E-state index contributed by atoms with van der Waals surface area (Å²) in [7, 11) is 0. The van der Waals surface area contributed by atoms with Crippen LogP contribution in [0.3, 0.4) is 0 Å². The fourth-order valence-electron chi connectivity index (χ4n) is 1.31. The lowest BCUT2D eigenvalue weighted by Crippen LogP contribution is -2.13. The molecule has 2 N–H and O–H groups in total. The molecule has 4 nitrogen and oxygen atoms in total. The van der Waals surface area contributed by atoms with Crippen LogP contribution in [0.4, 0.5) is 19.0 Å². The van der Waals surface area contributed by atoms with Crippen LogP contribution in [-0.4, -0.2) is 22.6 Å². The largest absolute Gasteiger partial charge is 0.478 e. The number of aromatic nitrogens is 1. The maximum Gasteiger partial charge on any atom is 0.417 e. The third-order valence-corrected chi connectivity index (χ3v) is 2.27. The molecule has 0 fully saturated rings. The third-order valence-electron chi connectivity index (χ3n) is 2.27. The average Bonchev–Trinajstić information content (AvgIpc) is 2.28. The van der Waals surface area contributed by atoms with Gasteiger partial charge in [0.05, 0.1) is 5.56 Å². The zero-order valence-electron chi connectivity index (χ0n) is 9.71. The van der Waals surface area contributed by atoms with E-state index in [1.165, 1.54) is 0 Å². The van der Waals surface area contributed by atoms with Crippen LogP contribution in [0.15, 0.2) is 12.3 Å². The summed E-state index contributed by atoms with van der Waals surface area (Å²) in [5.74, 6) is -1.48. The van der Waals surface area contributed by atoms with Crippen molar-refractivity contribution >= 4 is 11.8 Å². The Kier molecular flexibility index (Phi) is 4.52. The highest BCUT2D eigenvalue weighted by Gasteiger charge is 2.32. The van der Waals surface area contributed by atoms with Gasteiger partial charge in [-0.15, -0.1) is 0 Å². The lowest BCUT2D eigenvalue weighted by molar-refractivity contribution is -0.137. The molecule has 18 heavy (non-hydrogen) atoms. The van der Waals surface area contributed by atoms with E-state index in [2.05, 4.69) is 10.3 Å². The van der Waals surface area contributed by atoms with E-state index in [9.17, 15) is 18.0 Å². The quantitative estimate of drug-likeness (QED) is 0.801. The van der Waals surface area contributed by atoms with Gasteiger partial charge in [-0.1, -0.05) is 13.3 Å². The van der Waals surface area contributed by atoms with Crippen LogP contribution >= 0.6 is 0 Å². The number of hydrogen-bond acceptors (Lipinski definition) is 3. The smallest absolute Gasteiger partial charge is 0.417 e. The van der Waals surface area contributed by atoms with Gasteiger partial charge in [0.15, 0.2) is 0 Å². The van der Waals surface area contributed by atoms with Crippen molar-refractivity contribution in [1.82, 2.24) is 4.98 Å². The van der Waals surface area contributed by atoms with Crippen molar-refractivity contribution in [3.05, 3.63) is 23.4 Å². The molecule has 0 radical (unpaired) electrons. The molecule has 0 unspecified atom stereocenters. The van der Waals surface area contributed by atoms with Gasteiger partial charge in [-0.2, -0.15) is 13.2 Å². The van der Waals surface area contributed by atoms with Crippen LogP contribution in [0.2, 0.25) is 0 Å². The second-order valence-electron chi connectivity index (χ2n) is 3.70. The van der Waals surface area contributed by atoms with E-state index in [1.807, 2.05) is 6.92 Å². The fourth-order valence-corrected chi connectivity index (χ4v) is 1.31. The predicted octanol–water partition coefficient (Wildman–Crippen LogP) is 3.01. The van der Waals surface area contributed by atoms with E-state index < -0.39 is 23.3 Å². The highest BCUT2D eigenvalue weighted by atomic mass is 19.4. The number of rotatable bonds is 5. The molecule has 0 aliphatic carbocycles. The van der Waals surface area contributed by atoms with E-state index >= 15 is 0 Å². The third kappa shape index (κ3) is 3.61. The van der Waals surface area contributed by atoms with Crippen molar-refractivity contribution in [2.24, 2.45) is 0 Å². The Morgan fingerprint density at radius 2 is 2.17 bits per heavy atom. The molecular formula is C11H13F3N2O2. The minimum atomic E-state index is -4.60. The van der Waals surface area contributed by atoms with Crippen LogP contribution in [0.1, 0.15) is 35.7 Å². The number of anilines is 1. The van der Waals surface area contributed by atoms with Crippen LogP contribution in [0.5, 0.6) is 0 Å². The molecule has 0 amide bonds. The molecule has 1 rings (SSSR count). The number of unbranched alkanes of at least 4 members (excludes halogenated alkanes) is 1. The molecule has 0 bridgehead atoms. The Morgan fingerprint density at radius 3 is 2.67 bits per heavy atom. The Hall–Kier alpha value is -1.79. The average molecular weight is 262 g/mol. The van der Waals surface area contributed by atoms with Gasteiger partial charge in [-0.25, -0.2) is 9.78 Å². The zero-order valence-corrected chi connectivity index (χ0v) is 9.71. The Morgan fingerprint density at radius 1 is 1.50 bits per heavy atom. The predicted molar refractivity (Wildman–Crippen MR) is 59.6 cm³/mol. The Balaban J connectivity index is 3.01. The summed E-state index contributed by atoms with van der Waals surface area (Å²) in [6, 6.07) is 0.587. The van der Waals surface area contributed by atoms with Gasteiger partial charge >= 0.3 is 12.1 Å². The van der Waals surface area contributed by atoms with E-state index in [0.29, 0.717) is 18.8 Å². The first kappa shape index (κ1) is 14.3. The first-order chi connectivity index (χ1) is 8.36. The summed E-state index contributed by atoms with van der Waals surface area (Å²) in [5.41, 5.74) is -1.54. The topological polar surface area (TPSA) is 62.2 Å². The van der Waals surface area contributed by atoms with Crippen molar-refractivity contribution in [3.63, 3.8) is 0 Å². The Labute approximate surface area is 102 Å². The molecule has 1 aromatic heterocycles. The molecular weight excluding hydrogens is 249 g/mol. The number of pyridine rings is 1. The van der Waals surface area contributed by atoms with Gasteiger partial charge in [-0.3, -0.25) is 0 Å². The van der Waals surface area contributed by atoms with Gasteiger partial charge in [0, 0.05) is 12.7 Å².